The maximum absolute atomic E-state index is 13.4. The van der Waals surface area contributed by atoms with Crippen LogP contribution in [0.1, 0.15) is 5.56 Å². The summed E-state index contributed by atoms with van der Waals surface area (Å²) >= 11 is 0. The van der Waals surface area contributed by atoms with E-state index in [1.807, 2.05) is 0 Å². The number of anilines is 1. The van der Waals surface area contributed by atoms with Gasteiger partial charge in [-0.25, -0.2) is 4.39 Å². The summed E-state index contributed by atoms with van der Waals surface area (Å²) in [4.78, 5) is 1.72. The molecule has 1 rings (SSSR count). The number of halogens is 1. The third-order valence-electron chi connectivity index (χ3n) is 2.03. The van der Waals surface area contributed by atoms with Crippen molar-refractivity contribution in [3.8, 4) is 0 Å². The second-order valence-corrected chi connectivity index (χ2v) is 3.07. The van der Waals surface area contributed by atoms with Gasteiger partial charge in [0.05, 0.1) is 12.3 Å². The van der Waals surface area contributed by atoms with Gasteiger partial charge >= 0.3 is 0 Å². The molecule has 0 aliphatic carbocycles. The molecule has 76 valence electrons. The molecule has 0 saturated heterocycles. The molecular formula is C11H14FNO. The minimum absolute atomic E-state index is 0.158. The molecule has 1 aromatic rings. The quantitative estimate of drug-likeness (QED) is 0.742. The second kappa shape index (κ2) is 4.77. The molecule has 0 atom stereocenters. The molecule has 0 fully saturated rings. The summed E-state index contributed by atoms with van der Waals surface area (Å²) in [6.07, 6.45) is 1.69. The first kappa shape index (κ1) is 10.7. The molecule has 14 heavy (non-hydrogen) atoms. The molecule has 0 aliphatic heterocycles. The summed E-state index contributed by atoms with van der Waals surface area (Å²) in [7, 11) is 1.76. The number of nitrogens with zero attached hydrogens (tertiary/aromatic N) is 1. The van der Waals surface area contributed by atoms with Gasteiger partial charge in [0.2, 0.25) is 0 Å². The zero-order chi connectivity index (χ0) is 10.6. The number of hydrogen-bond donors (Lipinski definition) is 1. The van der Waals surface area contributed by atoms with Crippen LogP contribution in [0.4, 0.5) is 10.1 Å². The van der Waals surface area contributed by atoms with Crippen molar-refractivity contribution < 1.29 is 9.50 Å². The first-order valence-corrected chi connectivity index (χ1v) is 4.41. The van der Waals surface area contributed by atoms with Gasteiger partial charge in [0.1, 0.15) is 5.82 Å². The van der Waals surface area contributed by atoms with E-state index in [2.05, 4.69) is 6.58 Å². The van der Waals surface area contributed by atoms with Crippen molar-refractivity contribution in [3.05, 3.63) is 42.2 Å². The Bertz CT molecular complexity index is 325. The second-order valence-electron chi connectivity index (χ2n) is 3.07. The molecular weight excluding hydrogens is 181 g/mol. The van der Waals surface area contributed by atoms with E-state index in [4.69, 9.17) is 5.11 Å². The zero-order valence-corrected chi connectivity index (χ0v) is 8.20. The van der Waals surface area contributed by atoms with Gasteiger partial charge in [-0.05, 0) is 6.07 Å². The molecule has 0 radical (unpaired) electrons. The highest BCUT2D eigenvalue weighted by Crippen LogP contribution is 2.23. The average Bonchev–Trinajstić information content (AvgIpc) is 2.17. The van der Waals surface area contributed by atoms with Crippen LogP contribution in [0, 0.1) is 5.82 Å². The maximum Gasteiger partial charge on any atom is 0.146 e. The Balaban J connectivity index is 3.09. The first-order valence-electron chi connectivity index (χ1n) is 4.41. The van der Waals surface area contributed by atoms with Crippen LogP contribution >= 0.6 is 0 Å². The van der Waals surface area contributed by atoms with Crippen molar-refractivity contribution in [2.45, 2.75) is 6.61 Å². The fourth-order valence-corrected chi connectivity index (χ4v) is 1.40. The summed E-state index contributed by atoms with van der Waals surface area (Å²) in [5.41, 5.74) is 1.03. The Morgan fingerprint density at radius 2 is 2.29 bits per heavy atom. The predicted molar refractivity (Wildman–Crippen MR) is 55.8 cm³/mol. The minimum Gasteiger partial charge on any atom is -0.392 e. The normalized spacial score (nSPS) is 9.93. The summed E-state index contributed by atoms with van der Waals surface area (Å²) in [5, 5.41) is 9.04. The summed E-state index contributed by atoms with van der Waals surface area (Å²) in [6.45, 7) is 3.98. The van der Waals surface area contributed by atoms with Gasteiger partial charge in [-0.1, -0.05) is 18.2 Å². The van der Waals surface area contributed by atoms with Gasteiger partial charge in [-0.3, -0.25) is 0 Å². The van der Waals surface area contributed by atoms with Crippen LogP contribution in [-0.2, 0) is 6.61 Å². The van der Waals surface area contributed by atoms with Gasteiger partial charge in [0, 0.05) is 19.2 Å². The predicted octanol–water partition coefficient (Wildman–Crippen LogP) is 1.94. The van der Waals surface area contributed by atoms with Gasteiger partial charge in [-0.2, -0.15) is 0 Å². The number of likely N-dealkylation sites (N-methyl/N-ethyl adjacent to an activating group) is 1. The van der Waals surface area contributed by atoms with E-state index in [1.165, 1.54) is 6.07 Å². The van der Waals surface area contributed by atoms with E-state index in [9.17, 15) is 4.39 Å². The lowest BCUT2D eigenvalue weighted by atomic mass is 10.1. The van der Waals surface area contributed by atoms with E-state index in [0.29, 0.717) is 17.8 Å². The standard InChI is InChI=1S/C11H14FNO/c1-3-7-13(2)11-9(8-14)5-4-6-10(11)12/h3-6,14H,1,7-8H2,2H3. The highest BCUT2D eigenvalue weighted by atomic mass is 19.1. The van der Waals surface area contributed by atoms with Crippen LogP contribution in [0.2, 0.25) is 0 Å². The Labute approximate surface area is 83.3 Å². The van der Waals surface area contributed by atoms with Gasteiger partial charge in [-0.15, -0.1) is 6.58 Å². The highest BCUT2D eigenvalue weighted by Gasteiger charge is 2.10. The van der Waals surface area contributed by atoms with E-state index in [-0.39, 0.29) is 12.4 Å². The molecule has 1 N–H and O–H groups in total. The van der Waals surface area contributed by atoms with E-state index in [0.717, 1.165) is 0 Å². The van der Waals surface area contributed by atoms with Crippen LogP contribution in [0.15, 0.2) is 30.9 Å². The van der Waals surface area contributed by atoms with Crippen molar-refractivity contribution in [3.63, 3.8) is 0 Å². The van der Waals surface area contributed by atoms with Crippen molar-refractivity contribution >= 4 is 5.69 Å². The van der Waals surface area contributed by atoms with Crippen molar-refractivity contribution in [1.82, 2.24) is 0 Å². The van der Waals surface area contributed by atoms with Crippen molar-refractivity contribution in [2.24, 2.45) is 0 Å². The van der Waals surface area contributed by atoms with Gasteiger partial charge in [0.25, 0.3) is 0 Å². The summed E-state index contributed by atoms with van der Waals surface area (Å²) in [6, 6.07) is 4.68. The fraction of sp³-hybridized carbons (Fsp3) is 0.273. The summed E-state index contributed by atoms with van der Waals surface area (Å²) < 4.78 is 13.4. The number of para-hydroxylation sites is 1. The number of benzene rings is 1. The minimum atomic E-state index is -0.319. The van der Waals surface area contributed by atoms with Crippen molar-refractivity contribution in [2.75, 3.05) is 18.5 Å². The molecule has 0 aromatic heterocycles. The largest absolute Gasteiger partial charge is 0.392 e. The average molecular weight is 195 g/mol. The van der Waals surface area contributed by atoms with Crippen LogP contribution in [0.3, 0.4) is 0 Å². The third-order valence-corrected chi connectivity index (χ3v) is 2.03. The Morgan fingerprint density at radius 1 is 1.57 bits per heavy atom. The van der Waals surface area contributed by atoms with E-state index < -0.39 is 0 Å². The number of hydrogen-bond acceptors (Lipinski definition) is 2. The maximum atomic E-state index is 13.4. The molecule has 0 amide bonds. The number of aliphatic hydroxyl groups is 1. The SMILES string of the molecule is C=CCN(C)c1c(F)cccc1CO. The lowest BCUT2D eigenvalue weighted by Crippen LogP contribution is -2.19. The fourth-order valence-electron chi connectivity index (χ4n) is 1.40. The number of rotatable bonds is 4. The highest BCUT2D eigenvalue weighted by molar-refractivity contribution is 5.54. The Kier molecular flexibility index (Phi) is 3.65. The Morgan fingerprint density at radius 3 is 2.86 bits per heavy atom. The molecule has 0 heterocycles. The van der Waals surface area contributed by atoms with Crippen LogP contribution in [0.5, 0.6) is 0 Å². The molecule has 0 spiro atoms. The van der Waals surface area contributed by atoms with Crippen LogP contribution in [-0.4, -0.2) is 18.7 Å². The molecule has 2 nitrogen and oxygen atoms in total. The first-order chi connectivity index (χ1) is 6.70. The van der Waals surface area contributed by atoms with Gasteiger partial charge < -0.3 is 10.0 Å². The monoisotopic (exact) mass is 195 g/mol. The molecule has 0 aliphatic rings. The van der Waals surface area contributed by atoms with E-state index in [1.54, 1.807) is 30.2 Å². The van der Waals surface area contributed by atoms with Crippen molar-refractivity contribution in [1.29, 1.82) is 0 Å². The molecule has 3 heteroatoms. The molecule has 0 saturated carbocycles. The van der Waals surface area contributed by atoms with Gasteiger partial charge in [0.15, 0.2) is 0 Å². The topological polar surface area (TPSA) is 23.5 Å². The lowest BCUT2D eigenvalue weighted by Gasteiger charge is -2.20. The molecule has 0 bridgehead atoms. The van der Waals surface area contributed by atoms with E-state index >= 15 is 0 Å². The number of aliphatic hydroxyl groups excluding tert-OH is 1. The van der Waals surface area contributed by atoms with Crippen LogP contribution < -0.4 is 4.90 Å². The smallest absolute Gasteiger partial charge is 0.146 e. The molecule has 0 unspecified atom stereocenters. The van der Waals surface area contributed by atoms with Crippen LogP contribution in [0.25, 0.3) is 0 Å². The Hall–Kier alpha value is -1.35. The summed E-state index contributed by atoms with van der Waals surface area (Å²) in [5.74, 6) is -0.319. The lowest BCUT2D eigenvalue weighted by molar-refractivity contribution is 0.281. The molecule has 1 aromatic carbocycles. The third kappa shape index (κ3) is 2.12. The zero-order valence-electron chi connectivity index (χ0n) is 8.20.